The Labute approximate surface area is 171 Å². The Balaban J connectivity index is 1.74. The normalized spacial score (nSPS) is 11.6. The first-order chi connectivity index (χ1) is 12.9. The van der Waals surface area contributed by atoms with E-state index in [4.69, 9.17) is 34.7 Å². The first kappa shape index (κ1) is 19.4. The Bertz CT molecular complexity index is 1050. The quantitative estimate of drug-likeness (QED) is 0.267. The number of rotatable bonds is 5. The summed E-state index contributed by atoms with van der Waals surface area (Å²) in [6.07, 6.45) is 0. The molecule has 0 aliphatic rings. The smallest absolute Gasteiger partial charge is 0.252 e. The Kier molecular flexibility index (Phi) is 6.16. The van der Waals surface area contributed by atoms with Crippen LogP contribution in [0.2, 0.25) is 10.0 Å². The molecule has 140 valence electrons. The van der Waals surface area contributed by atoms with Gasteiger partial charge in [-0.05, 0) is 18.2 Å². The number of halogens is 2. The van der Waals surface area contributed by atoms with E-state index < -0.39 is 0 Å². The van der Waals surface area contributed by atoms with Crippen molar-refractivity contribution in [3.05, 3.63) is 50.4 Å². The molecule has 0 aliphatic heterocycles. The highest BCUT2D eigenvalue weighted by atomic mass is 35.5. The molecule has 0 saturated heterocycles. The van der Waals surface area contributed by atoms with Gasteiger partial charge in [-0.3, -0.25) is 9.78 Å². The molecule has 3 aromatic rings. The first-order valence-electron chi connectivity index (χ1n) is 7.27. The molecule has 1 aromatic carbocycles. The molecule has 0 atom stereocenters. The van der Waals surface area contributed by atoms with Gasteiger partial charge in [-0.15, -0.1) is 10.2 Å². The maximum Gasteiger partial charge on any atom is 0.252 e. The minimum atomic E-state index is -0.353. The molecule has 0 amide bonds. The highest BCUT2D eigenvalue weighted by Crippen LogP contribution is 2.27. The molecule has 0 radical (unpaired) electrons. The summed E-state index contributed by atoms with van der Waals surface area (Å²) in [5.41, 5.74) is 12.1. The second kappa shape index (κ2) is 8.57. The molecule has 0 bridgehead atoms. The fourth-order valence-corrected chi connectivity index (χ4v) is 3.89. The molecule has 0 unspecified atom stereocenters. The van der Waals surface area contributed by atoms with Gasteiger partial charge in [0, 0.05) is 16.8 Å². The summed E-state index contributed by atoms with van der Waals surface area (Å²) in [6, 6.07) is 6.25. The van der Waals surface area contributed by atoms with Crippen molar-refractivity contribution in [3.63, 3.8) is 0 Å². The van der Waals surface area contributed by atoms with Crippen molar-refractivity contribution in [2.45, 2.75) is 10.1 Å². The molecular weight excluding hydrogens is 431 g/mol. The molecule has 0 saturated carbocycles. The standard InChI is InChI=1S/C14H12Cl2N8OS2/c15-6-1-2-9(8(16)3-6)20-11(17)22-13-19-7(4-10(25)21-13)5-26-14-24-23-12(18)27-14/h1-4H,5H2,(H2,18,23)(H4,17,19,20,21,22,25). The van der Waals surface area contributed by atoms with Crippen LogP contribution in [-0.2, 0) is 5.75 Å². The zero-order chi connectivity index (χ0) is 19.4. The monoisotopic (exact) mass is 442 g/mol. The Morgan fingerprint density at radius 2 is 2.15 bits per heavy atom. The fourth-order valence-electron chi connectivity index (χ4n) is 1.91. The molecule has 9 nitrogen and oxygen atoms in total. The third-order valence-electron chi connectivity index (χ3n) is 2.97. The average Bonchev–Trinajstić information content (AvgIpc) is 3.00. The molecule has 2 aromatic heterocycles. The number of nitrogens with one attached hydrogen (secondary N) is 2. The number of nitrogens with zero attached hydrogens (tertiary/aromatic N) is 4. The molecular formula is C14H12Cl2N8OS2. The molecule has 0 spiro atoms. The van der Waals surface area contributed by atoms with Crippen LogP contribution in [-0.4, -0.2) is 26.1 Å². The largest absolute Gasteiger partial charge is 0.374 e. The number of nitrogens with two attached hydrogens (primary N) is 2. The summed E-state index contributed by atoms with van der Waals surface area (Å²) < 4.78 is 0.679. The lowest BCUT2D eigenvalue weighted by Crippen LogP contribution is -2.22. The predicted molar refractivity (Wildman–Crippen MR) is 110 cm³/mol. The summed E-state index contributed by atoms with van der Waals surface area (Å²) >= 11 is 14.5. The average molecular weight is 443 g/mol. The van der Waals surface area contributed by atoms with Crippen LogP contribution in [0.25, 0.3) is 0 Å². The number of hydrogen-bond acceptors (Lipinski definition) is 8. The van der Waals surface area contributed by atoms with Gasteiger partial charge in [0.25, 0.3) is 5.56 Å². The van der Waals surface area contributed by atoms with Gasteiger partial charge in [0.15, 0.2) is 4.34 Å². The van der Waals surface area contributed by atoms with Crippen molar-refractivity contribution >= 4 is 69.0 Å². The van der Waals surface area contributed by atoms with Crippen LogP contribution in [0.4, 0.5) is 16.8 Å². The number of aromatic amines is 1. The van der Waals surface area contributed by atoms with Crippen LogP contribution in [0.1, 0.15) is 5.69 Å². The van der Waals surface area contributed by atoms with E-state index in [2.05, 4.69) is 30.5 Å². The molecule has 0 aliphatic carbocycles. The molecule has 6 N–H and O–H groups in total. The van der Waals surface area contributed by atoms with Crippen molar-refractivity contribution in [2.75, 3.05) is 11.1 Å². The van der Waals surface area contributed by atoms with Crippen LogP contribution in [0, 0.1) is 0 Å². The first-order valence-corrected chi connectivity index (χ1v) is 9.83. The maximum atomic E-state index is 11.8. The van der Waals surface area contributed by atoms with Crippen LogP contribution in [0.5, 0.6) is 0 Å². The van der Waals surface area contributed by atoms with E-state index in [1.807, 2.05) is 0 Å². The summed E-state index contributed by atoms with van der Waals surface area (Å²) in [5.74, 6) is 0.464. The van der Waals surface area contributed by atoms with Gasteiger partial charge in [-0.25, -0.2) is 4.98 Å². The number of guanidine groups is 1. The number of anilines is 2. The maximum absolute atomic E-state index is 11.8. The minimum absolute atomic E-state index is 0.00377. The molecule has 0 fully saturated rings. The molecule has 2 heterocycles. The number of aliphatic imine (C=N–C) groups is 1. The summed E-state index contributed by atoms with van der Waals surface area (Å²) in [5, 5.41) is 11.7. The number of benzene rings is 1. The van der Waals surface area contributed by atoms with Crippen LogP contribution in [0.15, 0.2) is 38.4 Å². The number of hydrogen-bond donors (Lipinski definition) is 4. The van der Waals surface area contributed by atoms with E-state index in [1.54, 1.807) is 18.2 Å². The molecule has 27 heavy (non-hydrogen) atoms. The summed E-state index contributed by atoms with van der Waals surface area (Å²) in [7, 11) is 0. The highest BCUT2D eigenvalue weighted by molar-refractivity contribution is 8.00. The van der Waals surface area contributed by atoms with E-state index in [0.29, 0.717) is 36.7 Å². The lowest BCUT2D eigenvalue weighted by Gasteiger charge is -2.07. The van der Waals surface area contributed by atoms with Crippen molar-refractivity contribution in [2.24, 2.45) is 10.7 Å². The van der Waals surface area contributed by atoms with E-state index >= 15 is 0 Å². The number of H-pyrrole nitrogens is 1. The van der Waals surface area contributed by atoms with Crippen molar-refractivity contribution < 1.29 is 0 Å². The van der Waals surface area contributed by atoms with Crippen molar-refractivity contribution in [1.82, 2.24) is 20.2 Å². The third kappa shape index (κ3) is 5.57. The lowest BCUT2D eigenvalue weighted by atomic mass is 10.3. The Hall–Kier alpha value is -2.34. The van der Waals surface area contributed by atoms with E-state index in [-0.39, 0.29) is 17.5 Å². The lowest BCUT2D eigenvalue weighted by molar-refractivity contribution is 1.01. The van der Waals surface area contributed by atoms with E-state index in [9.17, 15) is 4.79 Å². The van der Waals surface area contributed by atoms with E-state index in [1.165, 1.54) is 29.2 Å². The van der Waals surface area contributed by atoms with Gasteiger partial charge in [0.05, 0.1) is 16.4 Å². The number of nitrogen functional groups attached to an aromatic ring is 1. The topological polar surface area (TPSA) is 148 Å². The predicted octanol–water partition coefficient (Wildman–Crippen LogP) is 2.86. The van der Waals surface area contributed by atoms with Crippen molar-refractivity contribution in [1.29, 1.82) is 0 Å². The van der Waals surface area contributed by atoms with E-state index in [0.717, 1.165) is 0 Å². The number of thioether (sulfide) groups is 1. The zero-order valence-electron chi connectivity index (χ0n) is 13.4. The number of aromatic nitrogens is 4. The SMILES string of the molecule is N/C(=N\c1nc(CSc2nnc(N)s2)cc(=O)[nH]1)Nc1ccc(Cl)cc1Cl. The van der Waals surface area contributed by atoms with Gasteiger partial charge >= 0.3 is 0 Å². The second-order valence-electron chi connectivity index (χ2n) is 5.00. The molecule has 3 rings (SSSR count). The summed E-state index contributed by atoms with van der Waals surface area (Å²) in [4.78, 5) is 22.7. The Morgan fingerprint density at radius 1 is 1.33 bits per heavy atom. The fraction of sp³-hybridized carbons (Fsp3) is 0.0714. The molecule has 13 heteroatoms. The van der Waals surface area contributed by atoms with Gasteiger partial charge < -0.3 is 16.8 Å². The second-order valence-corrected chi connectivity index (χ2v) is 8.08. The van der Waals surface area contributed by atoms with Gasteiger partial charge in [0.1, 0.15) is 0 Å². The van der Waals surface area contributed by atoms with Gasteiger partial charge in [-0.2, -0.15) is 4.99 Å². The van der Waals surface area contributed by atoms with Crippen LogP contribution < -0.4 is 22.3 Å². The van der Waals surface area contributed by atoms with Gasteiger partial charge in [0.2, 0.25) is 17.0 Å². The van der Waals surface area contributed by atoms with Crippen LogP contribution >= 0.6 is 46.3 Å². The minimum Gasteiger partial charge on any atom is -0.374 e. The summed E-state index contributed by atoms with van der Waals surface area (Å²) in [6.45, 7) is 0. The Morgan fingerprint density at radius 3 is 2.85 bits per heavy atom. The third-order valence-corrected chi connectivity index (χ3v) is 5.44. The zero-order valence-corrected chi connectivity index (χ0v) is 16.6. The van der Waals surface area contributed by atoms with Crippen LogP contribution in [0.3, 0.4) is 0 Å². The van der Waals surface area contributed by atoms with Crippen molar-refractivity contribution in [3.8, 4) is 0 Å². The van der Waals surface area contributed by atoms with Gasteiger partial charge in [-0.1, -0.05) is 46.3 Å². The highest BCUT2D eigenvalue weighted by Gasteiger charge is 2.07.